The van der Waals surface area contributed by atoms with Gasteiger partial charge in [-0.1, -0.05) is 65.7 Å². The molecule has 0 saturated carbocycles. The lowest BCUT2D eigenvalue weighted by Crippen LogP contribution is -2.08. The maximum absolute atomic E-state index is 11.7. The third-order valence-corrected chi connectivity index (χ3v) is 4.43. The molecule has 1 heteroatoms. The summed E-state index contributed by atoms with van der Waals surface area (Å²) in [5.74, 6) is 0.621. The van der Waals surface area contributed by atoms with Crippen LogP contribution in [0.2, 0.25) is 0 Å². The Labute approximate surface area is 132 Å². The molecule has 1 atom stereocenters. The van der Waals surface area contributed by atoms with Crippen LogP contribution in [-0.4, -0.2) is 5.78 Å². The Morgan fingerprint density at radius 1 is 0.909 bits per heavy atom. The maximum Gasteiger partial charge on any atom is 0.155 e. The van der Waals surface area contributed by atoms with E-state index in [1.807, 2.05) is 6.08 Å². The SMILES string of the molecule is Cc1ccc([C@H](CC2=CC(=O)CCC2)c2ccccc2)cc1. The van der Waals surface area contributed by atoms with Gasteiger partial charge < -0.3 is 0 Å². The van der Waals surface area contributed by atoms with Crippen molar-refractivity contribution in [3.8, 4) is 0 Å². The van der Waals surface area contributed by atoms with Crippen molar-refractivity contribution < 1.29 is 4.79 Å². The fourth-order valence-corrected chi connectivity index (χ4v) is 3.20. The van der Waals surface area contributed by atoms with Crippen LogP contribution in [0.5, 0.6) is 0 Å². The Balaban J connectivity index is 1.93. The minimum atomic E-state index is 0.289. The van der Waals surface area contributed by atoms with E-state index in [-0.39, 0.29) is 5.78 Å². The number of rotatable bonds is 4. The van der Waals surface area contributed by atoms with Crippen LogP contribution in [-0.2, 0) is 4.79 Å². The lowest BCUT2D eigenvalue weighted by Gasteiger charge is -2.21. The Kier molecular flexibility index (Phi) is 4.53. The summed E-state index contributed by atoms with van der Waals surface area (Å²) in [7, 11) is 0. The molecule has 0 aliphatic heterocycles. The van der Waals surface area contributed by atoms with Gasteiger partial charge in [0, 0.05) is 12.3 Å². The number of carbonyl (C=O) groups is 1. The molecule has 1 nitrogen and oxygen atoms in total. The lowest BCUT2D eigenvalue weighted by atomic mass is 9.83. The molecule has 0 saturated heterocycles. The van der Waals surface area contributed by atoms with Gasteiger partial charge in [-0.15, -0.1) is 0 Å². The van der Waals surface area contributed by atoms with Gasteiger partial charge in [-0.05, 0) is 43.4 Å². The molecule has 22 heavy (non-hydrogen) atoms. The standard InChI is InChI=1S/C21H22O/c1-16-10-12-19(13-11-16)21(18-7-3-2-4-8-18)15-17-6-5-9-20(22)14-17/h2-4,7-8,10-14,21H,5-6,9,15H2,1H3/t21-/m1/s1. The molecule has 0 spiro atoms. The second kappa shape index (κ2) is 6.74. The van der Waals surface area contributed by atoms with Crippen LogP contribution in [0.15, 0.2) is 66.2 Å². The number of carbonyl (C=O) groups excluding carboxylic acids is 1. The van der Waals surface area contributed by atoms with Gasteiger partial charge >= 0.3 is 0 Å². The highest BCUT2D eigenvalue weighted by atomic mass is 16.1. The van der Waals surface area contributed by atoms with Crippen LogP contribution >= 0.6 is 0 Å². The predicted molar refractivity (Wildman–Crippen MR) is 91.0 cm³/mol. The average Bonchev–Trinajstić information content (AvgIpc) is 2.55. The summed E-state index contributed by atoms with van der Waals surface area (Å²) in [5.41, 5.74) is 5.23. The Morgan fingerprint density at radius 3 is 2.27 bits per heavy atom. The van der Waals surface area contributed by atoms with Crippen LogP contribution in [0.1, 0.15) is 48.3 Å². The topological polar surface area (TPSA) is 17.1 Å². The van der Waals surface area contributed by atoms with Gasteiger partial charge in [0.25, 0.3) is 0 Å². The van der Waals surface area contributed by atoms with Crippen LogP contribution in [0.3, 0.4) is 0 Å². The van der Waals surface area contributed by atoms with Gasteiger partial charge in [-0.3, -0.25) is 4.79 Å². The summed E-state index contributed by atoms with van der Waals surface area (Å²) in [5, 5.41) is 0. The summed E-state index contributed by atoms with van der Waals surface area (Å²) in [4.78, 5) is 11.7. The van der Waals surface area contributed by atoms with Crippen molar-refractivity contribution in [3.05, 3.63) is 82.9 Å². The third-order valence-electron chi connectivity index (χ3n) is 4.43. The Hall–Kier alpha value is -2.15. The number of benzene rings is 2. The highest BCUT2D eigenvalue weighted by Crippen LogP contribution is 2.33. The highest BCUT2D eigenvalue weighted by molar-refractivity contribution is 5.91. The van der Waals surface area contributed by atoms with E-state index in [1.165, 1.54) is 22.3 Å². The van der Waals surface area contributed by atoms with Crippen molar-refractivity contribution in [1.82, 2.24) is 0 Å². The highest BCUT2D eigenvalue weighted by Gasteiger charge is 2.18. The first-order chi connectivity index (χ1) is 10.7. The molecule has 1 aliphatic rings. The van der Waals surface area contributed by atoms with Crippen LogP contribution in [0.25, 0.3) is 0 Å². The third kappa shape index (κ3) is 3.54. The number of aryl methyl sites for hydroxylation is 1. The van der Waals surface area contributed by atoms with E-state index in [1.54, 1.807) is 0 Å². The van der Waals surface area contributed by atoms with Crippen LogP contribution in [0.4, 0.5) is 0 Å². The van der Waals surface area contributed by atoms with Crippen LogP contribution < -0.4 is 0 Å². The van der Waals surface area contributed by atoms with E-state index in [9.17, 15) is 4.79 Å². The zero-order chi connectivity index (χ0) is 15.4. The van der Waals surface area contributed by atoms with E-state index in [0.717, 1.165) is 19.3 Å². The molecule has 0 heterocycles. The Morgan fingerprint density at radius 2 is 1.59 bits per heavy atom. The van der Waals surface area contributed by atoms with Crippen molar-refractivity contribution in [2.75, 3.05) is 0 Å². The van der Waals surface area contributed by atoms with Gasteiger partial charge in [0.2, 0.25) is 0 Å². The molecule has 0 amide bonds. The predicted octanol–water partition coefficient (Wildman–Crippen LogP) is 5.20. The van der Waals surface area contributed by atoms with Gasteiger partial charge in [-0.25, -0.2) is 0 Å². The molecule has 2 aromatic carbocycles. The molecular weight excluding hydrogens is 268 g/mol. The summed E-state index contributed by atoms with van der Waals surface area (Å²) in [6, 6.07) is 19.4. The van der Waals surface area contributed by atoms with Crippen LogP contribution in [0, 0.1) is 6.92 Å². The Bertz CT molecular complexity index is 665. The zero-order valence-corrected chi connectivity index (χ0v) is 13.1. The number of hydrogen-bond donors (Lipinski definition) is 0. The van der Waals surface area contributed by atoms with Gasteiger partial charge in [0.05, 0.1) is 0 Å². The molecule has 0 unspecified atom stereocenters. The molecular formula is C21H22O. The molecule has 1 aliphatic carbocycles. The molecule has 0 aromatic heterocycles. The van der Waals surface area contributed by atoms with Crippen molar-refractivity contribution in [2.24, 2.45) is 0 Å². The van der Waals surface area contributed by atoms with E-state index >= 15 is 0 Å². The van der Waals surface area contributed by atoms with Gasteiger partial charge in [-0.2, -0.15) is 0 Å². The lowest BCUT2D eigenvalue weighted by molar-refractivity contribution is -0.115. The van der Waals surface area contributed by atoms with Crippen molar-refractivity contribution in [2.45, 2.75) is 38.5 Å². The normalized spacial score (nSPS) is 16.2. The molecule has 3 rings (SSSR count). The van der Waals surface area contributed by atoms with Gasteiger partial charge in [0.1, 0.15) is 0 Å². The number of hydrogen-bond acceptors (Lipinski definition) is 1. The largest absolute Gasteiger partial charge is 0.295 e. The molecule has 0 radical (unpaired) electrons. The molecule has 0 fully saturated rings. The molecule has 112 valence electrons. The van der Waals surface area contributed by atoms with Crippen molar-refractivity contribution in [1.29, 1.82) is 0 Å². The quantitative estimate of drug-likeness (QED) is 0.756. The van der Waals surface area contributed by atoms with E-state index in [4.69, 9.17) is 0 Å². The monoisotopic (exact) mass is 290 g/mol. The molecule has 2 aromatic rings. The van der Waals surface area contributed by atoms with E-state index in [0.29, 0.717) is 12.3 Å². The summed E-state index contributed by atoms with van der Waals surface area (Å²) in [6.07, 6.45) is 5.59. The molecule has 0 bridgehead atoms. The first-order valence-electron chi connectivity index (χ1n) is 8.06. The molecule has 0 N–H and O–H groups in total. The second-order valence-electron chi connectivity index (χ2n) is 6.20. The van der Waals surface area contributed by atoms with E-state index in [2.05, 4.69) is 61.5 Å². The maximum atomic E-state index is 11.7. The van der Waals surface area contributed by atoms with Crippen molar-refractivity contribution in [3.63, 3.8) is 0 Å². The zero-order valence-electron chi connectivity index (χ0n) is 13.1. The fraction of sp³-hybridized carbons (Fsp3) is 0.286. The van der Waals surface area contributed by atoms with E-state index < -0.39 is 0 Å². The fourth-order valence-electron chi connectivity index (χ4n) is 3.20. The summed E-state index contributed by atoms with van der Waals surface area (Å²) < 4.78 is 0. The number of ketones is 1. The first kappa shape index (κ1) is 14.8. The second-order valence-corrected chi connectivity index (χ2v) is 6.20. The number of allylic oxidation sites excluding steroid dienone is 2. The minimum absolute atomic E-state index is 0.289. The summed E-state index contributed by atoms with van der Waals surface area (Å²) in [6.45, 7) is 2.11. The minimum Gasteiger partial charge on any atom is -0.295 e. The first-order valence-corrected chi connectivity index (χ1v) is 8.06. The van der Waals surface area contributed by atoms with Crippen molar-refractivity contribution >= 4 is 5.78 Å². The smallest absolute Gasteiger partial charge is 0.155 e. The average molecular weight is 290 g/mol. The summed E-state index contributed by atoms with van der Waals surface area (Å²) >= 11 is 0. The van der Waals surface area contributed by atoms with Gasteiger partial charge in [0.15, 0.2) is 5.78 Å².